The zero-order chi connectivity index (χ0) is 21.6. The van der Waals surface area contributed by atoms with Crippen molar-refractivity contribution in [3.05, 3.63) is 47.5 Å². The van der Waals surface area contributed by atoms with E-state index in [-0.39, 0.29) is 6.04 Å². The molecule has 0 saturated carbocycles. The second-order valence-electron chi connectivity index (χ2n) is 9.10. The zero-order valence-corrected chi connectivity index (χ0v) is 19.3. The summed E-state index contributed by atoms with van der Waals surface area (Å²) >= 11 is 0. The van der Waals surface area contributed by atoms with Gasteiger partial charge in [-0.2, -0.15) is 0 Å². The average Bonchev–Trinajstić information content (AvgIpc) is 3.39. The molecule has 2 saturated heterocycles. The number of aliphatic imine (C=N–C) groups is 1. The molecular formula is C24H37N7. The molecule has 2 aliphatic rings. The van der Waals surface area contributed by atoms with Crippen LogP contribution in [0, 0.1) is 12.8 Å². The summed E-state index contributed by atoms with van der Waals surface area (Å²) in [5, 5.41) is 12.2. The second-order valence-corrected chi connectivity index (χ2v) is 9.10. The van der Waals surface area contributed by atoms with E-state index in [2.05, 4.69) is 62.6 Å². The van der Waals surface area contributed by atoms with E-state index in [9.17, 15) is 0 Å². The molecule has 0 radical (unpaired) electrons. The van der Waals surface area contributed by atoms with Crippen LogP contribution < -0.4 is 5.32 Å². The van der Waals surface area contributed by atoms with Gasteiger partial charge in [-0.15, -0.1) is 10.2 Å². The lowest BCUT2D eigenvalue weighted by Gasteiger charge is -2.29. The minimum absolute atomic E-state index is 0.197. The zero-order valence-electron chi connectivity index (χ0n) is 19.3. The van der Waals surface area contributed by atoms with Gasteiger partial charge in [0.1, 0.15) is 12.4 Å². The van der Waals surface area contributed by atoms with Crippen LogP contribution in [0.1, 0.15) is 55.9 Å². The van der Waals surface area contributed by atoms with Crippen molar-refractivity contribution in [2.24, 2.45) is 18.0 Å². The maximum absolute atomic E-state index is 4.99. The van der Waals surface area contributed by atoms with Crippen molar-refractivity contribution in [2.45, 2.75) is 52.1 Å². The van der Waals surface area contributed by atoms with Crippen LogP contribution >= 0.6 is 0 Å². The fourth-order valence-electron chi connectivity index (χ4n) is 4.67. The fraction of sp³-hybridized carbons (Fsp3) is 0.625. The third-order valence-electron chi connectivity index (χ3n) is 6.75. The van der Waals surface area contributed by atoms with E-state index in [1.807, 2.05) is 18.5 Å². The molecule has 0 bridgehead atoms. The number of guanidine groups is 1. The minimum atomic E-state index is 0.197. The highest BCUT2D eigenvalue weighted by atomic mass is 15.3. The molecule has 168 valence electrons. The predicted octanol–water partition coefficient (Wildman–Crippen LogP) is 3.14. The van der Waals surface area contributed by atoms with E-state index in [1.54, 1.807) is 0 Å². The van der Waals surface area contributed by atoms with Gasteiger partial charge in [-0.25, -0.2) is 4.99 Å². The summed E-state index contributed by atoms with van der Waals surface area (Å²) in [5.74, 6) is 3.51. The SMILES string of the molecule is Cc1nnc(CN=C(NC(C)c2ccccc2)N2CCC(CN3CCCCC3)C2)n1C. The van der Waals surface area contributed by atoms with Crippen LogP contribution in [0.4, 0.5) is 0 Å². The van der Waals surface area contributed by atoms with Crippen molar-refractivity contribution in [1.82, 2.24) is 29.9 Å². The van der Waals surface area contributed by atoms with Crippen LogP contribution in [0.2, 0.25) is 0 Å². The van der Waals surface area contributed by atoms with Crippen LogP contribution in [0.3, 0.4) is 0 Å². The fourth-order valence-corrected chi connectivity index (χ4v) is 4.67. The molecule has 0 spiro atoms. The molecule has 1 aromatic heterocycles. The van der Waals surface area contributed by atoms with Crippen molar-refractivity contribution in [3.8, 4) is 0 Å². The van der Waals surface area contributed by atoms with Crippen molar-refractivity contribution < 1.29 is 0 Å². The van der Waals surface area contributed by atoms with Gasteiger partial charge in [-0.05, 0) is 57.7 Å². The number of benzene rings is 1. The predicted molar refractivity (Wildman–Crippen MR) is 125 cm³/mol. The molecule has 1 aromatic carbocycles. The monoisotopic (exact) mass is 423 g/mol. The van der Waals surface area contributed by atoms with Gasteiger partial charge < -0.3 is 19.7 Å². The Morgan fingerprint density at radius 3 is 2.61 bits per heavy atom. The molecule has 4 rings (SSSR count). The third kappa shape index (κ3) is 5.64. The van der Waals surface area contributed by atoms with E-state index >= 15 is 0 Å². The molecule has 3 heterocycles. The number of aryl methyl sites for hydroxylation is 1. The highest BCUT2D eigenvalue weighted by molar-refractivity contribution is 5.80. The first-order valence-electron chi connectivity index (χ1n) is 11.8. The van der Waals surface area contributed by atoms with Gasteiger partial charge in [0.05, 0.1) is 6.04 Å². The standard InChI is InChI=1S/C24H37N7/c1-19(22-10-6-4-7-11-22)26-24(25-16-23-28-27-20(2)29(23)3)31-15-12-21(18-31)17-30-13-8-5-9-14-30/h4,6-7,10-11,19,21H,5,8-9,12-18H2,1-3H3,(H,25,26). The molecule has 1 N–H and O–H groups in total. The molecular weight excluding hydrogens is 386 g/mol. The summed E-state index contributed by atoms with van der Waals surface area (Å²) in [6, 6.07) is 10.8. The Morgan fingerprint density at radius 1 is 1.13 bits per heavy atom. The van der Waals surface area contributed by atoms with Gasteiger partial charge in [-0.1, -0.05) is 36.8 Å². The quantitative estimate of drug-likeness (QED) is 0.571. The third-order valence-corrected chi connectivity index (χ3v) is 6.75. The van der Waals surface area contributed by atoms with E-state index in [0.29, 0.717) is 12.5 Å². The number of piperidine rings is 1. The van der Waals surface area contributed by atoms with Gasteiger partial charge in [0, 0.05) is 26.7 Å². The van der Waals surface area contributed by atoms with E-state index < -0.39 is 0 Å². The minimum Gasteiger partial charge on any atom is -0.350 e. The molecule has 2 aromatic rings. The van der Waals surface area contributed by atoms with Crippen LogP contribution in [0.5, 0.6) is 0 Å². The van der Waals surface area contributed by atoms with Crippen LogP contribution in [-0.4, -0.2) is 63.2 Å². The Morgan fingerprint density at radius 2 is 1.90 bits per heavy atom. The Hall–Kier alpha value is -2.41. The topological polar surface area (TPSA) is 61.6 Å². The number of rotatable bonds is 6. The van der Waals surface area contributed by atoms with Crippen LogP contribution in [0.25, 0.3) is 0 Å². The summed E-state index contributed by atoms with van der Waals surface area (Å²) in [6.45, 7) is 10.6. The van der Waals surface area contributed by atoms with Gasteiger partial charge >= 0.3 is 0 Å². The van der Waals surface area contributed by atoms with Crippen molar-refractivity contribution in [1.29, 1.82) is 0 Å². The average molecular weight is 424 g/mol. The maximum Gasteiger partial charge on any atom is 0.194 e. The molecule has 31 heavy (non-hydrogen) atoms. The number of likely N-dealkylation sites (tertiary alicyclic amines) is 2. The molecule has 7 heteroatoms. The van der Waals surface area contributed by atoms with E-state index in [4.69, 9.17) is 4.99 Å². The Bertz CT molecular complexity index is 854. The molecule has 2 fully saturated rings. The Labute approximate surface area is 186 Å². The molecule has 7 nitrogen and oxygen atoms in total. The van der Waals surface area contributed by atoms with Gasteiger partial charge in [0.2, 0.25) is 0 Å². The lowest BCUT2D eigenvalue weighted by Crippen LogP contribution is -2.42. The summed E-state index contributed by atoms with van der Waals surface area (Å²) in [6.07, 6.45) is 5.35. The number of hydrogen-bond acceptors (Lipinski definition) is 4. The number of nitrogens with one attached hydrogen (secondary N) is 1. The lowest BCUT2D eigenvalue weighted by atomic mass is 10.1. The molecule has 0 aliphatic carbocycles. The highest BCUT2D eigenvalue weighted by Gasteiger charge is 2.28. The first-order chi connectivity index (χ1) is 15.1. The summed E-state index contributed by atoms with van der Waals surface area (Å²) < 4.78 is 2.02. The summed E-state index contributed by atoms with van der Waals surface area (Å²) in [4.78, 5) is 10.1. The van der Waals surface area contributed by atoms with Crippen molar-refractivity contribution in [2.75, 3.05) is 32.7 Å². The first-order valence-corrected chi connectivity index (χ1v) is 11.8. The lowest BCUT2D eigenvalue weighted by molar-refractivity contribution is 0.198. The smallest absolute Gasteiger partial charge is 0.194 e. The number of nitrogens with zero attached hydrogens (tertiary/aromatic N) is 6. The van der Waals surface area contributed by atoms with Gasteiger partial charge in [-0.3, -0.25) is 0 Å². The van der Waals surface area contributed by atoms with Gasteiger partial charge in [0.15, 0.2) is 11.8 Å². The Kier molecular flexibility index (Phi) is 7.22. The summed E-state index contributed by atoms with van der Waals surface area (Å²) in [5.41, 5.74) is 1.27. The molecule has 2 aliphatic heterocycles. The van der Waals surface area contributed by atoms with Gasteiger partial charge in [0.25, 0.3) is 0 Å². The highest BCUT2D eigenvalue weighted by Crippen LogP contribution is 2.21. The molecule has 0 amide bonds. The Balaban J connectivity index is 1.45. The second kappa shape index (κ2) is 10.3. The van der Waals surface area contributed by atoms with Crippen molar-refractivity contribution >= 4 is 5.96 Å². The van der Waals surface area contributed by atoms with Crippen LogP contribution in [0.15, 0.2) is 35.3 Å². The van der Waals surface area contributed by atoms with E-state index in [1.165, 1.54) is 50.9 Å². The first kappa shape index (κ1) is 21.8. The largest absolute Gasteiger partial charge is 0.350 e. The number of aromatic nitrogens is 3. The molecule has 2 unspecified atom stereocenters. The summed E-state index contributed by atoms with van der Waals surface area (Å²) in [7, 11) is 2.00. The maximum atomic E-state index is 4.99. The number of hydrogen-bond donors (Lipinski definition) is 1. The van der Waals surface area contributed by atoms with E-state index in [0.717, 1.165) is 30.7 Å². The van der Waals surface area contributed by atoms with Crippen LogP contribution in [-0.2, 0) is 13.6 Å². The van der Waals surface area contributed by atoms with Crippen molar-refractivity contribution in [3.63, 3.8) is 0 Å². The normalized spacial score (nSPS) is 21.5. The molecule has 2 atom stereocenters.